The van der Waals surface area contributed by atoms with E-state index in [1.54, 1.807) is 12.3 Å². The summed E-state index contributed by atoms with van der Waals surface area (Å²) in [4.78, 5) is 19.3. The fraction of sp³-hybridized carbons (Fsp3) is 0.214. The molecule has 0 spiro atoms. The zero-order chi connectivity index (χ0) is 14.5. The van der Waals surface area contributed by atoms with Crippen molar-refractivity contribution in [3.8, 4) is 5.75 Å². The van der Waals surface area contributed by atoms with Crippen LogP contribution in [0.3, 0.4) is 0 Å². The van der Waals surface area contributed by atoms with E-state index >= 15 is 0 Å². The van der Waals surface area contributed by atoms with Crippen molar-refractivity contribution in [3.05, 3.63) is 42.2 Å². The third kappa shape index (κ3) is 3.71. The van der Waals surface area contributed by atoms with Gasteiger partial charge in [-0.2, -0.15) is 0 Å². The summed E-state index contributed by atoms with van der Waals surface area (Å²) in [6, 6.07) is 6.59. The minimum Gasteiger partial charge on any atom is -0.488 e. The van der Waals surface area contributed by atoms with E-state index in [-0.39, 0.29) is 11.7 Å². The molecule has 0 amide bonds. The van der Waals surface area contributed by atoms with Crippen LogP contribution in [0.1, 0.15) is 24.2 Å². The van der Waals surface area contributed by atoms with Crippen molar-refractivity contribution in [1.29, 1.82) is 0 Å². The molecule has 0 unspecified atom stereocenters. The molecule has 5 nitrogen and oxygen atoms in total. The number of rotatable bonds is 5. The highest BCUT2D eigenvalue weighted by Gasteiger charge is 2.11. The second-order valence-corrected chi connectivity index (χ2v) is 5.27. The number of hydrogen-bond acceptors (Lipinski definition) is 5. The van der Waals surface area contributed by atoms with Crippen LogP contribution in [0.2, 0.25) is 0 Å². The minimum atomic E-state index is -0.978. The molecule has 0 aliphatic heterocycles. The van der Waals surface area contributed by atoms with Crippen molar-refractivity contribution < 1.29 is 14.6 Å². The number of pyridine rings is 2. The third-order valence-electron chi connectivity index (χ3n) is 2.28. The van der Waals surface area contributed by atoms with Crippen molar-refractivity contribution in [1.82, 2.24) is 9.97 Å². The van der Waals surface area contributed by atoms with E-state index in [4.69, 9.17) is 9.84 Å². The topological polar surface area (TPSA) is 72.3 Å². The van der Waals surface area contributed by atoms with Crippen LogP contribution < -0.4 is 4.74 Å². The van der Waals surface area contributed by atoms with Crippen LogP contribution in [0, 0.1) is 0 Å². The molecule has 0 bridgehead atoms. The highest BCUT2D eigenvalue weighted by atomic mass is 32.2. The number of nitrogens with zero attached hydrogens (tertiary/aromatic N) is 2. The average Bonchev–Trinajstić information content (AvgIpc) is 2.41. The van der Waals surface area contributed by atoms with E-state index < -0.39 is 5.97 Å². The summed E-state index contributed by atoms with van der Waals surface area (Å²) in [6.45, 7) is 3.87. The number of carboxylic acid groups (broad SMARTS) is 1. The van der Waals surface area contributed by atoms with Gasteiger partial charge in [-0.25, -0.2) is 14.8 Å². The number of hydrogen-bond donors (Lipinski definition) is 1. The van der Waals surface area contributed by atoms with Gasteiger partial charge in [0.15, 0.2) is 5.75 Å². The fourth-order valence-corrected chi connectivity index (χ4v) is 2.32. The standard InChI is InChI=1S/C14H14N2O3S/c1-9(2)19-11-4-3-6-16-13(11)20-12-8-10(14(17)18)5-7-15-12/h3-9H,1-2H3,(H,17,18). The van der Waals surface area contributed by atoms with Gasteiger partial charge in [0.25, 0.3) is 0 Å². The third-order valence-corrected chi connectivity index (χ3v) is 3.21. The molecule has 2 heterocycles. The van der Waals surface area contributed by atoms with E-state index in [0.29, 0.717) is 15.8 Å². The quantitative estimate of drug-likeness (QED) is 0.912. The van der Waals surface area contributed by atoms with Gasteiger partial charge < -0.3 is 9.84 Å². The summed E-state index contributed by atoms with van der Waals surface area (Å²) in [6.07, 6.45) is 3.17. The van der Waals surface area contributed by atoms with Gasteiger partial charge in [0.2, 0.25) is 0 Å². The van der Waals surface area contributed by atoms with E-state index in [0.717, 1.165) is 0 Å². The summed E-state index contributed by atoms with van der Waals surface area (Å²) in [5, 5.41) is 10.2. The number of aromatic carboxylic acids is 1. The second kappa shape index (κ2) is 6.38. The zero-order valence-corrected chi connectivity index (χ0v) is 11.9. The molecule has 0 aromatic carbocycles. The maximum absolute atomic E-state index is 10.9. The first-order chi connectivity index (χ1) is 9.56. The average molecular weight is 290 g/mol. The van der Waals surface area contributed by atoms with E-state index in [2.05, 4.69) is 9.97 Å². The lowest BCUT2D eigenvalue weighted by molar-refractivity contribution is 0.0696. The van der Waals surface area contributed by atoms with Gasteiger partial charge in [-0.05, 0) is 49.9 Å². The van der Waals surface area contributed by atoms with Crippen LogP contribution in [0.15, 0.2) is 46.7 Å². The predicted molar refractivity (Wildman–Crippen MR) is 75.3 cm³/mol. The van der Waals surface area contributed by atoms with Crippen LogP contribution in [0.25, 0.3) is 0 Å². The molecule has 1 N–H and O–H groups in total. The molecule has 20 heavy (non-hydrogen) atoms. The maximum Gasteiger partial charge on any atom is 0.335 e. The summed E-state index contributed by atoms with van der Waals surface area (Å²) >= 11 is 1.28. The van der Waals surface area contributed by atoms with Gasteiger partial charge in [0, 0.05) is 12.4 Å². The van der Waals surface area contributed by atoms with Gasteiger partial charge in [0.05, 0.1) is 11.7 Å². The van der Waals surface area contributed by atoms with Gasteiger partial charge in [-0.15, -0.1) is 0 Å². The first-order valence-corrected chi connectivity index (χ1v) is 6.87. The molecular formula is C14H14N2O3S. The molecular weight excluding hydrogens is 276 g/mol. The van der Waals surface area contributed by atoms with Crippen LogP contribution in [-0.4, -0.2) is 27.1 Å². The smallest absolute Gasteiger partial charge is 0.335 e. The lowest BCUT2D eigenvalue weighted by atomic mass is 10.3. The van der Waals surface area contributed by atoms with Crippen molar-refractivity contribution >= 4 is 17.7 Å². The summed E-state index contributed by atoms with van der Waals surface area (Å²) in [7, 11) is 0. The van der Waals surface area contributed by atoms with E-state index in [1.165, 1.54) is 30.1 Å². The van der Waals surface area contributed by atoms with E-state index in [1.807, 2.05) is 19.9 Å². The van der Waals surface area contributed by atoms with Crippen molar-refractivity contribution in [3.63, 3.8) is 0 Å². The first-order valence-electron chi connectivity index (χ1n) is 6.05. The molecule has 104 valence electrons. The predicted octanol–water partition coefficient (Wildman–Crippen LogP) is 3.11. The van der Waals surface area contributed by atoms with Crippen molar-refractivity contribution in [2.75, 3.05) is 0 Å². The monoisotopic (exact) mass is 290 g/mol. The van der Waals surface area contributed by atoms with Gasteiger partial charge in [-0.3, -0.25) is 0 Å². The molecule has 2 aromatic rings. The Morgan fingerprint density at radius 1 is 1.30 bits per heavy atom. The number of aromatic nitrogens is 2. The molecule has 0 aliphatic rings. The highest BCUT2D eigenvalue weighted by Crippen LogP contribution is 2.32. The fourth-order valence-electron chi connectivity index (χ4n) is 1.49. The normalized spacial score (nSPS) is 10.6. The van der Waals surface area contributed by atoms with Gasteiger partial charge in [-0.1, -0.05) is 0 Å². The van der Waals surface area contributed by atoms with Crippen molar-refractivity contribution in [2.24, 2.45) is 0 Å². The lowest BCUT2D eigenvalue weighted by Crippen LogP contribution is -2.06. The molecule has 0 fully saturated rings. The van der Waals surface area contributed by atoms with Crippen LogP contribution in [-0.2, 0) is 0 Å². The van der Waals surface area contributed by atoms with Gasteiger partial charge in [0.1, 0.15) is 10.1 Å². The maximum atomic E-state index is 10.9. The Bertz CT molecular complexity index is 617. The van der Waals surface area contributed by atoms with E-state index in [9.17, 15) is 4.79 Å². The summed E-state index contributed by atoms with van der Waals surface area (Å²) in [5.41, 5.74) is 0.199. The van der Waals surface area contributed by atoms with Crippen molar-refractivity contribution in [2.45, 2.75) is 30.0 Å². The van der Waals surface area contributed by atoms with Crippen LogP contribution >= 0.6 is 11.8 Å². The second-order valence-electron chi connectivity index (χ2n) is 4.26. The Morgan fingerprint density at radius 3 is 2.80 bits per heavy atom. The Balaban J connectivity index is 2.25. The number of ether oxygens (including phenoxy) is 1. The van der Waals surface area contributed by atoms with Crippen LogP contribution in [0.4, 0.5) is 0 Å². The molecule has 0 atom stereocenters. The molecule has 0 aliphatic carbocycles. The Kier molecular flexibility index (Phi) is 4.57. The largest absolute Gasteiger partial charge is 0.488 e. The molecule has 2 aromatic heterocycles. The summed E-state index contributed by atoms with van der Waals surface area (Å²) in [5.74, 6) is -0.316. The molecule has 6 heteroatoms. The minimum absolute atomic E-state index is 0.0388. The first kappa shape index (κ1) is 14.3. The highest BCUT2D eigenvalue weighted by molar-refractivity contribution is 7.99. The zero-order valence-electron chi connectivity index (χ0n) is 11.1. The molecule has 0 saturated carbocycles. The summed E-state index contributed by atoms with van der Waals surface area (Å²) < 4.78 is 5.67. The Morgan fingerprint density at radius 2 is 2.10 bits per heavy atom. The lowest BCUT2D eigenvalue weighted by Gasteiger charge is -2.12. The van der Waals surface area contributed by atoms with Crippen LogP contribution in [0.5, 0.6) is 5.75 Å². The molecule has 0 saturated heterocycles. The SMILES string of the molecule is CC(C)Oc1cccnc1Sc1cc(C(=O)O)ccn1. The number of carboxylic acids is 1. The molecule has 0 radical (unpaired) electrons. The van der Waals surface area contributed by atoms with Gasteiger partial charge >= 0.3 is 5.97 Å². The number of carbonyl (C=O) groups is 1. The Labute approximate surface area is 121 Å². The Hall–Kier alpha value is -2.08. The molecule has 2 rings (SSSR count).